The molecular weight excluding hydrogens is 150 g/mol. The molecule has 0 unspecified atom stereocenters. The maximum absolute atomic E-state index is 10.8. The van der Waals surface area contributed by atoms with Crippen LogP contribution in [0.3, 0.4) is 0 Å². The molecule has 0 aliphatic carbocycles. The first kappa shape index (κ1) is 10.5. The van der Waals surface area contributed by atoms with Gasteiger partial charge in [-0.1, -0.05) is 0 Å². The Balaban J connectivity index is 4.02. The van der Waals surface area contributed by atoms with Gasteiger partial charge in [0.25, 0.3) is 0 Å². The Kier molecular flexibility index (Phi) is 4.20. The summed E-state index contributed by atoms with van der Waals surface area (Å²) in [6.07, 6.45) is -2.50. The van der Waals surface area contributed by atoms with Crippen LogP contribution < -0.4 is 5.73 Å². The van der Waals surface area contributed by atoms with Crippen molar-refractivity contribution in [3.63, 3.8) is 0 Å². The smallest absolute Gasteiger partial charge is 0.180 e. The van der Waals surface area contributed by atoms with E-state index in [0.717, 1.165) is 0 Å². The third-order valence-corrected chi connectivity index (χ3v) is 1.34. The topological polar surface area (TPSA) is 104 Å². The molecule has 0 aromatic rings. The zero-order chi connectivity index (χ0) is 9.02. The first-order valence-electron chi connectivity index (χ1n) is 3.27. The first-order valence-corrected chi connectivity index (χ1v) is 3.27. The van der Waals surface area contributed by atoms with E-state index in [-0.39, 0.29) is 0 Å². The third kappa shape index (κ3) is 2.94. The highest BCUT2D eigenvalue weighted by Gasteiger charge is 2.24. The van der Waals surface area contributed by atoms with E-state index in [2.05, 4.69) is 0 Å². The fraction of sp³-hybridized carbons (Fsp3) is 0.833. The number of Topliss-reactive ketones (excluding diaryl/α,β-unsaturated/α-hetero) is 1. The molecule has 0 amide bonds. The van der Waals surface area contributed by atoms with Gasteiger partial charge in [0.1, 0.15) is 6.10 Å². The van der Waals surface area contributed by atoms with E-state index >= 15 is 0 Å². The first-order chi connectivity index (χ1) is 5.00. The average Bonchev–Trinajstić information content (AvgIpc) is 2.00. The van der Waals surface area contributed by atoms with Crippen molar-refractivity contribution in [2.45, 2.75) is 25.2 Å². The normalized spacial score (nSPS) is 19.0. The Morgan fingerprint density at radius 2 is 2.00 bits per heavy atom. The molecule has 5 nitrogen and oxygen atoms in total. The highest BCUT2D eigenvalue weighted by molar-refractivity contribution is 5.87. The van der Waals surface area contributed by atoms with Crippen molar-refractivity contribution in [3.8, 4) is 0 Å². The van der Waals surface area contributed by atoms with Crippen LogP contribution in [-0.2, 0) is 4.79 Å². The van der Waals surface area contributed by atoms with Crippen molar-refractivity contribution in [2.75, 3.05) is 6.61 Å². The number of ketones is 1. The van der Waals surface area contributed by atoms with Crippen molar-refractivity contribution in [1.82, 2.24) is 0 Å². The SMILES string of the molecule is C[C@@H](O)C(=O)[C@H](N)[C@H](O)CO. The Hall–Kier alpha value is -0.490. The lowest BCUT2D eigenvalue weighted by atomic mass is 10.0. The van der Waals surface area contributed by atoms with E-state index in [0.29, 0.717) is 0 Å². The van der Waals surface area contributed by atoms with Crippen LogP contribution in [-0.4, -0.2) is 46.0 Å². The summed E-state index contributed by atoms with van der Waals surface area (Å²) in [5, 5.41) is 25.9. The fourth-order valence-electron chi connectivity index (χ4n) is 0.582. The number of aliphatic hydroxyl groups is 3. The van der Waals surface area contributed by atoms with Crippen molar-refractivity contribution in [2.24, 2.45) is 5.73 Å². The molecule has 0 aromatic carbocycles. The molecule has 5 heteroatoms. The van der Waals surface area contributed by atoms with Crippen LogP contribution in [0.4, 0.5) is 0 Å². The van der Waals surface area contributed by atoms with Crippen LogP contribution in [0.25, 0.3) is 0 Å². The van der Waals surface area contributed by atoms with Crippen molar-refractivity contribution in [3.05, 3.63) is 0 Å². The van der Waals surface area contributed by atoms with Gasteiger partial charge in [-0.2, -0.15) is 0 Å². The van der Waals surface area contributed by atoms with E-state index in [1.165, 1.54) is 6.92 Å². The van der Waals surface area contributed by atoms with Crippen LogP contribution in [0.15, 0.2) is 0 Å². The van der Waals surface area contributed by atoms with Crippen LogP contribution in [0, 0.1) is 0 Å². The predicted octanol–water partition coefficient (Wildman–Crippen LogP) is -2.38. The fourth-order valence-corrected chi connectivity index (χ4v) is 0.582. The van der Waals surface area contributed by atoms with Gasteiger partial charge in [-0.15, -0.1) is 0 Å². The summed E-state index contributed by atoms with van der Waals surface area (Å²) < 4.78 is 0. The maximum Gasteiger partial charge on any atom is 0.180 e. The zero-order valence-corrected chi connectivity index (χ0v) is 6.27. The molecule has 11 heavy (non-hydrogen) atoms. The van der Waals surface area contributed by atoms with E-state index < -0.39 is 30.6 Å². The largest absolute Gasteiger partial charge is 0.394 e. The van der Waals surface area contributed by atoms with Gasteiger partial charge in [-0.3, -0.25) is 4.79 Å². The Morgan fingerprint density at radius 3 is 2.27 bits per heavy atom. The van der Waals surface area contributed by atoms with Gasteiger partial charge in [-0.25, -0.2) is 0 Å². The number of carbonyl (C=O) groups excluding carboxylic acids is 1. The minimum atomic E-state index is -1.29. The standard InChI is InChI=1S/C6H13NO4/c1-3(9)6(11)5(7)4(10)2-8/h3-5,8-10H,2,7H2,1H3/t3-,4-,5-/m1/s1. The highest BCUT2D eigenvalue weighted by atomic mass is 16.3. The molecule has 0 aliphatic rings. The second-order valence-electron chi connectivity index (χ2n) is 2.35. The molecule has 5 N–H and O–H groups in total. The van der Waals surface area contributed by atoms with Crippen LogP contribution in [0.2, 0.25) is 0 Å². The molecule has 0 aromatic heterocycles. The van der Waals surface area contributed by atoms with E-state index in [9.17, 15) is 4.79 Å². The summed E-state index contributed by atoms with van der Waals surface area (Å²) in [6.45, 7) is 0.673. The predicted molar refractivity (Wildman–Crippen MR) is 37.8 cm³/mol. The quantitative estimate of drug-likeness (QED) is 0.370. The second-order valence-corrected chi connectivity index (χ2v) is 2.35. The summed E-state index contributed by atoms with van der Waals surface area (Å²) in [6, 6.07) is -1.21. The molecule has 0 radical (unpaired) electrons. The average molecular weight is 163 g/mol. The minimum Gasteiger partial charge on any atom is -0.394 e. The van der Waals surface area contributed by atoms with Crippen LogP contribution in [0.1, 0.15) is 6.92 Å². The van der Waals surface area contributed by atoms with Gasteiger partial charge < -0.3 is 21.1 Å². The molecule has 66 valence electrons. The molecule has 3 atom stereocenters. The number of hydrogen-bond donors (Lipinski definition) is 4. The Labute approximate surface area is 64.4 Å². The summed E-state index contributed by atoms with van der Waals surface area (Å²) in [5.74, 6) is -0.674. The lowest BCUT2D eigenvalue weighted by Crippen LogP contribution is -2.47. The number of hydrogen-bond acceptors (Lipinski definition) is 5. The highest BCUT2D eigenvalue weighted by Crippen LogP contribution is 1.95. The Morgan fingerprint density at radius 1 is 1.55 bits per heavy atom. The van der Waals surface area contributed by atoms with Gasteiger partial charge >= 0.3 is 0 Å². The van der Waals surface area contributed by atoms with Crippen molar-refractivity contribution >= 4 is 5.78 Å². The van der Waals surface area contributed by atoms with Gasteiger partial charge in [0.05, 0.1) is 18.8 Å². The molecule has 0 saturated heterocycles. The summed E-state index contributed by atoms with van der Waals surface area (Å²) >= 11 is 0. The minimum absolute atomic E-state index is 0.584. The number of carbonyl (C=O) groups is 1. The van der Waals surface area contributed by atoms with E-state index in [4.69, 9.17) is 21.1 Å². The molecule has 0 fully saturated rings. The monoisotopic (exact) mass is 163 g/mol. The number of aliphatic hydroxyl groups excluding tert-OH is 3. The van der Waals surface area contributed by atoms with Crippen molar-refractivity contribution < 1.29 is 20.1 Å². The number of rotatable bonds is 4. The number of nitrogens with two attached hydrogens (primary N) is 1. The molecule has 0 bridgehead atoms. The molecule has 0 saturated carbocycles. The summed E-state index contributed by atoms with van der Waals surface area (Å²) in [5.41, 5.74) is 5.15. The van der Waals surface area contributed by atoms with Crippen LogP contribution >= 0.6 is 0 Å². The maximum atomic E-state index is 10.8. The zero-order valence-electron chi connectivity index (χ0n) is 6.27. The molecule has 0 heterocycles. The lowest BCUT2D eigenvalue weighted by Gasteiger charge is -2.16. The molecular formula is C6H13NO4. The van der Waals surface area contributed by atoms with Crippen molar-refractivity contribution in [1.29, 1.82) is 0 Å². The van der Waals surface area contributed by atoms with Gasteiger partial charge in [0, 0.05) is 0 Å². The van der Waals surface area contributed by atoms with E-state index in [1.54, 1.807) is 0 Å². The van der Waals surface area contributed by atoms with Crippen LogP contribution in [0.5, 0.6) is 0 Å². The molecule has 0 spiro atoms. The van der Waals surface area contributed by atoms with Gasteiger partial charge in [0.2, 0.25) is 0 Å². The second kappa shape index (κ2) is 4.40. The van der Waals surface area contributed by atoms with Gasteiger partial charge in [0.15, 0.2) is 5.78 Å². The van der Waals surface area contributed by atoms with E-state index in [1.807, 2.05) is 0 Å². The summed E-state index contributed by atoms with van der Waals surface area (Å²) in [4.78, 5) is 10.8. The van der Waals surface area contributed by atoms with Gasteiger partial charge in [-0.05, 0) is 6.92 Å². The molecule has 0 rings (SSSR count). The Bertz CT molecular complexity index is 137. The third-order valence-electron chi connectivity index (χ3n) is 1.34. The molecule has 0 aliphatic heterocycles. The summed E-state index contributed by atoms with van der Waals surface area (Å²) in [7, 11) is 0. The lowest BCUT2D eigenvalue weighted by molar-refractivity contribution is -0.130.